The number of carbonyl (C=O) groups excluding carboxylic acids is 1. The summed E-state index contributed by atoms with van der Waals surface area (Å²) < 4.78 is 5.00. The lowest BCUT2D eigenvalue weighted by Crippen LogP contribution is -2.49. The van der Waals surface area contributed by atoms with Gasteiger partial charge in [0.1, 0.15) is 10.7 Å². The fourth-order valence-corrected chi connectivity index (χ4v) is 2.23. The van der Waals surface area contributed by atoms with E-state index in [0.29, 0.717) is 44.4 Å². The molecule has 1 saturated heterocycles. The molecule has 1 aliphatic rings. The Morgan fingerprint density at radius 2 is 2.05 bits per heavy atom. The molecule has 2 heterocycles. The Hall–Kier alpha value is -1.96. The number of aromatic nitrogens is 2. The van der Waals surface area contributed by atoms with Gasteiger partial charge in [0.05, 0.1) is 6.61 Å². The fourth-order valence-electron chi connectivity index (χ4n) is 2.12. The molecule has 2 N–H and O–H groups in total. The third kappa shape index (κ3) is 3.78. The SMILES string of the molecule is CCOC(=O)N1CCN(c2nc(C)cc(C(N)=S)n2)CC1. The van der Waals surface area contributed by atoms with Crippen molar-refractivity contribution in [2.75, 3.05) is 37.7 Å². The summed E-state index contributed by atoms with van der Waals surface area (Å²) in [4.78, 5) is 24.4. The number of piperazine rings is 1. The number of ether oxygens (including phenoxy) is 1. The molecule has 0 spiro atoms. The summed E-state index contributed by atoms with van der Waals surface area (Å²) >= 11 is 4.96. The number of nitrogens with two attached hydrogens (primary N) is 1. The molecular formula is C13H19N5O2S. The second kappa shape index (κ2) is 6.66. The average molecular weight is 309 g/mol. The number of hydrogen-bond donors (Lipinski definition) is 1. The number of amides is 1. The number of carbonyl (C=O) groups is 1. The van der Waals surface area contributed by atoms with Gasteiger partial charge in [0, 0.05) is 31.9 Å². The summed E-state index contributed by atoms with van der Waals surface area (Å²) in [5.74, 6) is 0.598. The van der Waals surface area contributed by atoms with Crippen molar-refractivity contribution in [2.45, 2.75) is 13.8 Å². The van der Waals surface area contributed by atoms with Crippen LogP contribution in [0.2, 0.25) is 0 Å². The number of nitrogens with zero attached hydrogens (tertiary/aromatic N) is 4. The van der Waals surface area contributed by atoms with Crippen LogP contribution < -0.4 is 10.6 Å². The van der Waals surface area contributed by atoms with E-state index < -0.39 is 0 Å². The van der Waals surface area contributed by atoms with Gasteiger partial charge in [0.15, 0.2) is 0 Å². The highest BCUT2D eigenvalue weighted by Crippen LogP contribution is 2.13. The molecule has 21 heavy (non-hydrogen) atoms. The monoisotopic (exact) mass is 309 g/mol. The Balaban J connectivity index is 2.05. The van der Waals surface area contributed by atoms with Gasteiger partial charge in [0.25, 0.3) is 0 Å². The van der Waals surface area contributed by atoms with Gasteiger partial charge in [-0.3, -0.25) is 0 Å². The summed E-state index contributed by atoms with van der Waals surface area (Å²) in [6.45, 7) is 6.53. The average Bonchev–Trinajstić information content (AvgIpc) is 2.47. The van der Waals surface area contributed by atoms with E-state index in [1.807, 2.05) is 11.8 Å². The van der Waals surface area contributed by atoms with Gasteiger partial charge in [0.2, 0.25) is 5.95 Å². The van der Waals surface area contributed by atoms with Crippen molar-refractivity contribution in [3.63, 3.8) is 0 Å². The molecule has 0 bridgehead atoms. The Labute approximate surface area is 129 Å². The van der Waals surface area contributed by atoms with Crippen LogP contribution in [0.15, 0.2) is 6.07 Å². The summed E-state index contributed by atoms with van der Waals surface area (Å²) in [5.41, 5.74) is 7.01. The van der Waals surface area contributed by atoms with E-state index in [1.54, 1.807) is 17.9 Å². The van der Waals surface area contributed by atoms with Crippen molar-refractivity contribution in [1.82, 2.24) is 14.9 Å². The maximum atomic E-state index is 11.7. The molecule has 0 atom stereocenters. The molecule has 7 nitrogen and oxygen atoms in total. The third-order valence-electron chi connectivity index (χ3n) is 3.18. The van der Waals surface area contributed by atoms with Crippen LogP contribution in [0, 0.1) is 6.92 Å². The van der Waals surface area contributed by atoms with Gasteiger partial charge in [-0.2, -0.15) is 0 Å². The van der Waals surface area contributed by atoms with Crippen LogP contribution in [0.5, 0.6) is 0 Å². The molecule has 1 amide bonds. The van der Waals surface area contributed by atoms with E-state index in [0.717, 1.165) is 5.69 Å². The summed E-state index contributed by atoms with van der Waals surface area (Å²) in [7, 11) is 0. The van der Waals surface area contributed by atoms with Crippen LogP contribution in [0.1, 0.15) is 18.3 Å². The molecule has 0 unspecified atom stereocenters. The number of hydrogen-bond acceptors (Lipinski definition) is 6. The molecule has 1 aliphatic heterocycles. The van der Waals surface area contributed by atoms with Crippen molar-refractivity contribution in [3.8, 4) is 0 Å². The third-order valence-corrected chi connectivity index (χ3v) is 3.39. The molecule has 2 rings (SSSR count). The highest BCUT2D eigenvalue weighted by molar-refractivity contribution is 7.80. The Kier molecular flexibility index (Phi) is 4.89. The van der Waals surface area contributed by atoms with Crippen molar-refractivity contribution in [3.05, 3.63) is 17.5 Å². The quantitative estimate of drug-likeness (QED) is 0.823. The van der Waals surface area contributed by atoms with E-state index in [9.17, 15) is 4.79 Å². The maximum absolute atomic E-state index is 11.7. The van der Waals surface area contributed by atoms with Crippen molar-refractivity contribution in [1.29, 1.82) is 0 Å². The minimum atomic E-state index is -0.272. The molecule has 0 saturated carbocycles. The van der Waals surface area contributed by atoms with Gasteiger partial charge in [-0.1, -0.05) is 12.2 Å². The van der Waals surface area contributed by atoms with Crippen LogP contribution in [0.4, 0.5) is 10.7 Å². The number of aryl methyl sites for hydroxylation is 1. The zero-order chi connectivity index (χ0) is 15.4. The van der Waals surface area contributed by atoms with Crippen molar-refractivity contribution >= 4 is 29.2 Å². The van der Waals surface area contributed by atoms with E-state index in [2.05, 4.69) is 9.97 Å². The first-order valence-corrected chi connectivity index (χ1v) is 7.24. The van der Waals surface area contributed by atoms with E-state index in [-0.39, 0.29) is 11.1 Å². The van der Waals surface area contributed by atoms with E-state index >= 15 is 0 Å². The fraction of sp³-hybridized carbons (Fsp3) is 0.538. The first-order valence-electron chi connectivity index (χ1n) is 6.83. The van der Waals surface area contributed by atoms with Gasteiger partial charge in [-0.25, -0.2) is 14.8 Å². The molecule has 1 aromatic rings. The molecule has 1 fully saturated rings. The molecule has 1 aromatic heterocycles. The Morgan fingerprint density at radius 3 is 2.62 bits per heavy atom. The Morgan fingerprint density at radius 1 is 1.38 bits per heavy atom. The smallest absolute Gasteiger partial charge is 0.409 e. The lowest BCUT2D eigenvalue weighted by atomic mass is 10.3. The zero-order valence-corrected chi connectivity index (χ0v) is 13.0. The lowest BCUT2D eigenvalue weighted by Gasteiger charge is -2.34. The predicted molar refractivity (Wildman–Crippen MR) is 83.5 cm³/mol. The lowest BCUT2D eigenvalue weighted by molar-refractivity contribution is 0.105. The molecule has 0 aliphatic carbocycles. The first kappa shape index (κ1) is 15.4. The van der Waals surface area contributed by atoms with Crippen molar-refractivity contribution < 1.29 is 9.53 Å². The minimum Gasteiger partial charge on any atom is -0.450 e. The van der Waals surface area contributed by atoms with Crippen LogP contribution in [-0.4, -0.2) is 58.7 Å². The van der Waals surface area contributed by atoms with Crippen LogP contribution >= 0.6 is 12.2 Å². The molecule has 8 heteroatoms. The number of thiocarbonyl (C=S) groups is 1. The molecule has 0 aromatic carbocycles. The summed E-state index contributed by atoms with van der Waals surface area (Å²) in [6, 6.07) is 1.76. The summed E-state index contributed by atoms with van der Waals surface area (Å²) in [5, 5.41) is 0. The molecular weight excluding hydrogens is 290 g/mol. The maximum Gasteiger partial charge on any atom is 0.409 e. The second-order valence-electron chi connectivity index (χ2n) is 4.73. The number of rotatable bonds is 3. The van der Waals surface area contributed by atoms with Gasteiger partial charge in [-0.05, 0) is 19.9 Å². The molecule has 0 radical (unpaired) electrons. The summed E-state index contributed by atoms with van der Waals surface area (Å²) in [6.07, 6.45) is -0.272. The van der Waals surface area contributed by atoms with Crippen LogP contribution in [-0.2, 0) is 4.74 Å². The van der Waals surface area contributed by atoms with Gasteiger partial charge < -0.3 is 20.3 Å². The largest absolute Gasteiger partial charge is 0.450 e. The standard InChI is InChI=1S/C13H19N5O2S/c1-3-20-13(19)18-6-4-17(5-7-18)12-15-9(2)8-10(16-12)11(14)21/h8H,3-7H2,1-2H3,(H2,14,21). The normalized spacial score (nSPS) is 15.0. The highest BCUT2D eigenvalue weighted by Gasteiger charge is 2.23. The first-order chi connectivity index (χ1) is 10.0. The predicted octanol–water partition coefficient (Wildman–Crippen LogP) is 0.698. The zero-order valence-electron chi connectivity index (χ0n) is 12.2. The highest BCUT2D eigenvalue weighted by atomic mass is 32.1. The number of anilines is 1. The topological polar surface area (TPSA) is 84.6 Å². The van der Waals surface area contributed by atoms with E-state index in [1.165, 1.54) is 0 Å². The van der Waals surface area contributed by atoms with E-state index in [4.69, 9.17) is 22.7 Å². The van der Waals surface area contributed by atoms with Gasteiger partial charge in [-0.15, -0.1) is 0 Å². The second-order valence-corrected chi connectivity index (χ2v) is 5.17. The van der Waals surface area contributed by atoms with Crippen LogP contribution in [0.3, 0.4) is 0 Å². The minimum absolute atomic E-state index is 0.256. The van der Waals surface area contributed by atoms with Crippen molar-refractivity contribution in [2.24, 2.45) is 5.73 Å². The van der Waals surface area contributed by atoms with Crippen LogP contribution in [0.25, 0.3) is 0 Å². The molecule has 114 valence electrons. The van der Waals surface area contributed by atoms with Gasteiger partial charge >= 0.3 is 6.09 Å². The Bertz CT molecular complexity index is 543.